The summed E-state index contributed by atoms with van der Waals surface area (Å²) in [5.74, 6) is 0.0309. The zero-order valence-corrected chi connectivity index (χ0v) is 12.6. The molecule has 0 saturated carbocycles. The van der Waals surface area contributed by atoms with Gasteiger partial charge in [-0.1, -0.05) is 48.5 Å². The Kier molecular flexibility index (Phi) is 5.33. The lowest BCUT2D eigenvalue weighted by Gasteiger charge is -2.20. The van der Waals surface area contributed by atoms with Gasteiger partial charge in [0.05, 0.1) is 0 Å². The molecule has 0 spiro atoms. The van der Waals surface area contributed by atoms with Crippen molar-refractivity contribution in [2.24, 2.45) is 0 Å². The predicted molar refractivity (Wildman–Crippen MR) is 89.8 cm³/mol. The molecule has 0 aliphatic carbocycles. The van der Waals surface area contributed by atoms with E-state index in [2.05, 4.69) is 30.9 Å². The molecule has 2 aromatic carbocycles. The van der Waals surface area contributed by atoms with Crippen LogP contribution in [0.3, 0.4) is 0 Å². The fraction of sp³-hybridized carbons (Fsp3) is 0.211. The summed E-state index contributed by atoms with van der Waals surface area (Å²) in [6.07, 6.45) is 3.49. The molecule has 0 N–H and O–H groups in total. The molecular formula is C19H21NO. The Labute approximate surface area is 126 Å². The van der Waals surface area contributed by atoms with Gasteiger partial charge in [-0.2, -0.15) is 0 Å². The topological polar surface area (TPSA) is 20.3 Å². The summed E-state index contributed by atoms with van der Waals surface area (Å²) in [6, 6.07) is 17.6. The molecule has 0 radical (unpaired) electrons. The number of carbonyl (C=O) groups excluding carboxylic acids is 1. The minimum Gasteiger partial charge on any atom is -0.372 e. The maximum absolute atomic E-state index is 12.0. The Morgan fingerprint density at radius 2 is 1.57 bits per heavy atom. The van der Waals surface area contributed by atoms with Crippen molar-refractivity contribution in [1.29, 1.82) is 0 Å². The molecule has 0 bridgehead atoms. The third-order valence-corrected chi connectivity index (χ3v) is 3.51. The zero-order valence-electron chi connectivity index (χ0n) is 12.6. The van der Waals surface area contributed by atoms with Gasteiger partial charge in [-0.15, -0.1) is 0 Å². The largest absolute Gasteiger partial charge is 0.372 e. The number of hydrogen-bond donors (Lipinski definition) is 0. The van der Waals surface area contributed by atoms with Gasteiger partial charge in [-0.05, 0) is 37.6 Å². The molecule has 2 heteroatoms. The monoisotopic (exact) mass is 279 g/mol. The summed E-state index contributed by atoms with van der Waals surface area (Å²) in [7, 11) is 0. The van der Waals surface area contributed by atoms with Crippen molar-refractivity contribution in [1.82, 2.24) is 0 Å². The predicted octanol–water partition coefficient (Wildman–Crippen LogP) is 4.43. The van der Waals surface area contributed by atoms with E-state index in [1.165, 1.54) is 5.69 Å². The van der Waals surface area contributed by atoms with E-state index < -0.39 is 0 Å². The normalized spacial score (nSPS) is 10.8. The van der Waals surface area contributed by atoms with Gasteiger partial charge in [-0.3, -0.25) is 4.79 Å². The van der Waals surface area contributed by atoms with Crippen LogP contribution in [0.25, 0.3) is 6.08 Å². The van der Waals surface area contributed by atoms with Gasteiger partial charge in [0.2, 0.25) is 0 Å². The number of allylic oxidation sites excluding steroid dienone is 1. The second kappa shape index (κ2) is 7.44. The first kappa shape index (κ1) is 15.0. The lowest BCUT2D eigenvalue weighted by atomic mass is 10.1. The molecule has 2 rings (SSSR count). The fourth-order valence-electron chi connectivity index (χ4n) is 2.26. The number of ketones is 1. The van der Waals surface area contributed by atoms with Crippen LogP contribution in [-0.4, -0.2) is 18.9 Å². The zero-order chi connectivity index (χ0) is 15.1. The minimum absolute atomic E-state index is 0.0309. The summed E-state index contributed by atoms with van der Waals surface area (Å²) >= 11 is 0. The molecule has 2 nitrogen and oxygen atoms in total. The summed E-state index contributed by atoms with van der Waals surface area (Å²) in [5.41, 5.74) is 2.97. The minimum atomic E-state index is 0.0309. The van der Waals surface area contributed by atoms with E-state index in [-0.39, 0.29) is 5.78 Å². The van der Waals surface area contributed by atoms with E-state index >= 15 is 0 Å². The smallest absolute Gasteiger partial charge is 0.185 e. The maximum atomic E-state index is 12.0. The second-order valence-corrected chi connectivity index (χ2v) is 4.83. The number of rotatable bonds is 6. The van der Waals surface area contributed by atoms with Crippen molar-refractivity contribution in [3.05, 3.63) is 71.8 Å². The standard InChI is InChI=1S/C19H21NO/c1-3-20(4-2)18-13-10-16(11-14-18)12-15-19(21)17-8-6-5-7-9-17/h5-15H,3-4H2,1-2H3/b15-12+. The highest BCUT2D eigenvalue weighted by molar-refractivity contribution is 6.06. The molecule has 0 aliphatic heterocycles. The molecule has 0 aromatic heterocycles. The summed E-state index contributed by atoms with van der Waals surface area (Å²) in [5, 5.41) is 0. The number of hydrogen-bond acceptors (Lipinski definition) is 2. The Morgan fingerprint density at radius 1 is 0.952 bits per heavy atom. The molecule has 2 aromatic rings. The molecular weight excluding hydrogens is 258 g/mol. The van der Waals surface area contributed by atoms with Gasteiger partial charge in [0.25, 0.3) is 0 Å². The SMILES string of the molecule is CCN(CC)c1ccc(/C=C/C(=O)c2ccccc2)cc1. The third kappa shape index (κ3) is 4.06. The van der Waals surface area contributed by atoms with Gasteiger partial charge in [0.15, 0.2) is 5.78 Å². The van der Waals surface area contributed by atoms with E-state index in [9.17, 15) is 4.79 Å². The van der Waals surface area contributed by atoms with Crippen LogP contribution in [0.5, 0.6) is 0 Å². The summed E-state index contributed by atoms with van der Waals surface area (Å²) in [4.78, 5) is 14.3. The van der Waals surface area contributed by atoms with Crippen LogP contribution in [-0.2, 0) is 0 Å². The van der Waals surface area contributed by atoms with Crippen LogP contribution in [0.1, 0.15) is 29.8 Å². The molecule has 108 valence electrons. The van der Waals surface area contributed by atoms with Gasteiger partial charge in [0, 0.05) is 24.3 Å². The Bertz CT molecular complexity index is 595. The highest BCUT2D eigenvalue weighted by Crippen LogP contribution is 2.16. The second-order valence-electron chi connectivity index (χ2n) is 4.83. The van der Waals surface area contributed by atoms with E-state index in [0.29, 0.717) is 5.56 Å². The van der Waals surface area contributed by atoms with Gasteiger partial charge < -0.3 is 4.90 Å². The van der Waals surface area contributed by atoms with Gasteiger partial charge >= 0.3 is 0 Å². The Morgan fingerprint density at radius 3 is 2.14 bits per heavy atom. The van der Waals surface area contributed by atoms with Gasteiger partial charge in [-0.25, -0.2) is 0 Å². The number of carbonyl (C=O) groups is 1. The molecule has 21 heavy (non-hydrogen) atoms. The van der Waals surface area contributed by atoms with E-state index in [1.807, 2.05) is 48.5 Å². The van der Waals surface area contributed by atoms with Gasteiger partial charge in [0.1, 0.15) is 0 Å². The quantitative estimate of drug-likeness (QED) is 0.576. The highest BCUT2D eigenvalue weighted by atomic mass is 16.1. The third-order valence-electron chi connectivity index (χ3n) is 3.51. The number of anilines is 1. The Hall–Kier alpha value is -2.35. The molecule has 0 amide bonds. The van der Waals surface area contributed by atoms with Crippen LogP contribution in [0.4, 0.5) is 5.69 Å². The van der Waals surface area contributed by atoms with Crippen LogP contribution in [0.2, 0.25) is 0 Å². The fourth-order valence-corrected chi connectivity index (χ4v) is 2.26. The molecule has 0 fully saturated rings. The average molecular weight is 279 g/mol. The summed E-state index contributed by atoms with van der Waals surface area (Å²) in [6.45, 7) is 6.29. The van der Waals surface area contributed by atoms with Crippen molar-refractivity contribution in [2.45, 2.75) is 13.8 Å². The van der Waals surface area contributed by atoms with Crippen molar-refractivity contribution in [3.8, 4) is 0 Å². The van der Waals surface area contributed by atoms with Crippen LogP contribution >= 0.6 is 0 Å². The lowest BCUT2D eigenvalue weighted by molar-refractivity contribution is 0.104. The van der Waals surface area contributed by atoms with Crippen LogP contribution in [0, 0.1) is 0 Å². The number of benzene rings is 2. The molecule has 0 saturated heterocycles. The first-order valence-corrected chi connectivity index (χ1v) is 7.37. The molecule has 0 atom stereocenters. The highest BCUT2D eigenvalue weighted by Gasteiger charge is 2.01. The van der Waals surface area contributed by atoms with E-state index in [0.717, 1.165) is 18.7 Å². The number of nitrogens with zero attached hydrogens (tertiary/aromatic N) is 1. The first-order chi connectivity index (χ1) is 10.2. The summed E-state index contributed by atoms with van der Waals surface area (Å²) < 4.78 is 0. The van der Waals surface area contributed by atoms with Crippen LogP contribution < -0.4 is 4.90 Å². The van der Waals surface area contributed by atoms with Crippen molar-refractivity contribution in [3.63, 3.8) is 0 Å². The maximum Gasteiger partial charge on any atom is 0.185 e. The van der Waals surface area contributed by atoms with Crippen LogP contribution in [0.15, 0.2) is 60.7 Å². The molecule has 0 heterocycles. The molecule has 0 unspecified atom stereocenters. The molecule has 0 aliphatic rings. The van der Waals surface area contributed by atoms with Crippen molar-refractivity contribution in [2.75, 3.05) is 18.0 Å². The first-order valence-electron chi connectivity index (χ1n) is 7.37. The lowest BCUT2D eigenvalue weighted by Crippen LogP contribution is -2.21. The van der Waals surface area contributed by atoms with Crippen molar-refractivity contribution < 1.29 is 4.79 Å². The Balaban J connectivity index is 2.06. The average Bonchev–Trinajstić information content (AvgIpc) is 2.55. The van der Waals surface area contributed by atoms with Crippen molar-refractivity contribution >= 4 is 17.5 Å². The van der Waals surface area contributed by atoms with E-state index in [1.54, 1.807) is 6.08 Å². The van der Waals surface area contributed by atoms with E-state index in [4.69, 9.17) is 0 Å².